The molecule has 0 bridgehead atoms. The number of carbonyl (C=O) groups excluding carboxylic acids is 2. The molecule has 0 unspecified atom stereocenters. The molecule has 37 heavy (non-hydrogen) atoms. The van der Waals surface area contributed by atoms with Gasteiger partial charge in [0.25, 0.3) is 15.9 Å². The van der Waals surface area contributed by atoms with Gasteiger partial charge in [0, 0.05) is 35.3 Å². The van der Waals surface area contributed by atoms with Crippen molar-refractivity contribution in [2.75, 3.05) is 11.4 Å². The highest BCUT2D eigenvalue weighted by atomic mass is 35.5. The Balaban J connectivity index is 1.69. The molecule has 1 N–H and O–H groups in total. The van der Waals surface area contributed by atoms with Crippen LogP contribution in [0.2, 0.25) is 5.02 Å². The zero-order valence-corrected chi connectivity index (χ0v) is 22.3. The molecular formula is C27H27ClN4O4S. The van der Waals surface area contributed by atoms with E-state index in [-0.39, 0.29) is 23.9 Å². The van der Waals surface area contributed by atoms with Gasteiger partial charge in [-0.3, -0.25) is 14.6 Å². The first-order valence-corrected chi connectivity index (χ1v) is 13.5. The van der Waals surface area contributed by atoms with Crippen molar-refractivity contribution in [3.8, 4) is 0 Å². The van der Waals surface area contributed by atoms with Crippen LogP contribution in [0.1, 0.15) is 38.3 Å². The number of rotatable bonds is 6. The van der Waals surface area contributed by atoms with Gasteiger partial charge in [0.1, 0.15) is 6.04 Å². The highest BCUT2D eigenvalue weighted by Gasteiger charge is 2.39. The van der Waals surface area contributed by atoms with Gasteiger partial charge in [0.15, 0.2) is 5.03 Å². The molecule has 2 aromatic carbocycles. The fourth-order valence-electron chi connectivity index (χ4n) is 4.05. The van der Waals surface area contributed by atoms with Crippen LogP contribution in [0.25, 0.3) is 0 Å². The molecule has 0 fully saturated rings. The predicted molar refractivity (Wildman–Crippen MR) is 143 cm³/mol. The average molecular weight is 539 g/mol. The Labute approximate surface area is 221 Å². The maximum atomic E-state index is 13.9. The number of amides is 2. The topological polar surface area (TPSA) is 109 Å². The summed E-state index contributed by atoms with van der Waals surface area (Å²) in [6.07, 6.45) is 1.07. The van der Waals surface area contributed by atoms with Gasteiger partial charge in [-0.05, 0) is 35.7 Å². The van der Waals surface area contributed by atoms with E-state index >= 15 is 0 Å². The number of nitrogens with one attached hydrogen (secondary N) is 1. The molecule has 4 rings (SSSR count). The number of carbonyl (C=O) groups is 2. The van der Waals surface area contributed by atoms with Gasteiger partial charge in [-0.15, -0.1) is 0 Å². The van der Waals surface area contributed by atoms with Crippen LogP contribution in [0.5, 0.6) is 0 Å². The number of benzodiazepines with no additional fused rings is 1. The van der Waals surface area contributed by atoms with Crippen molar-refractivity contribution in [2.24, 2.45) is 10.4 Å². The fourth-order valence-corrected chi connectivity index (χ4v) is 5.18. The van der Waals surface area contributed by atoms with Crippen LogP contribution < -0.4 is 9.62 Å². The van der Waals surface area contributed by atoms with Crippen LogP contribution in [0.3, 0.4) is 0 Å². The van der Waals surface area contributed by atoms with E-state index in [1.165, 1.54) is 23.2 Å². The zero-order valence-electron chi connectivity index (χ0n) is 20.7. The minimum Gasteiger partial charge on any atom is -0.309 e. The number of pyridine rings is 1. The monoisotopic (exact) mass is 538 g/mol. The lowest BCUT2D eigenvalue weighted by atomic mass is 9.86. The van der Waals surface area contributed by atoms with E-state index in [1.807, 2.05) is 55.8 Å². The SMILES string of the molecule is CC(C)(C)[C@@H]1N=C(c2ccccc2)c2cc(Cl)ccc2N(CCC(=O)NS(=O)(=O)c2ccccn2)C1=O. The molecule has 1 aromatic heterocycles. The first kappa shape index (κ1) is 26.5. The molecule has 0 radical (unpaired) electrons. The maximum absolute atomic E-state index is 13.9. The number of hydrogen-bond donors (Lipinski definition) is 1. The molecule has 1 aliphatic heterocycles. The number of halogens is 1. The number of fused-ring (bicyclic) bond motifs is 1. The lowest BCUT2D eigenvalue weighted by molar-refractivity contribution is -0.122. The smallest absolute Gasteiger partial charge is 0.281 e. The predicted octanol–water partition coefficient (Wildman–Crippen LogP) is 4.23. The van der Waals surface area contributed by atoms with Crippen molar-refractivity contribution in [3.63, 3.8) is 0 Å². The van der Waals surface area contributed by atoms with E-state index in [1.54, 1.807) is 24.3 Å². The Hall–Kier alpha value is -3.56. The summed E-state index contributed by atoms with van der Waals surface area (Å²) in [5.74, 6) is -1.04. The number of nitrogens with zero attached hydrogens (tertiary/aromatic N) is 3. The van der Waals surface area contributed by atoms with E-state index in [0.717, 1.165) is 5.56 Å². The first-order chi connectivity index (χ1) is 17.5. The summed E-state index contributed by atoms with van der Waals surface area (Å²) in [6, 6.07) is 18.3. The third-order valence-electron chi connectivity index (χ3n) is 5.85. The molecule has 2 amide bonds. The zero-order chi connectivity index (χ0) is 26.8. The van der Waals surface area contributed by atoms with E-state index < -0.39 is 27.4 Å². The molecule has 2 heterocycles. The summed E-state index contributed by atoms with van der Waals surface area (Å²) < 4.78 is 27.1. The summed E-state index contributed by atoms with van der Waals surface area (Å²) in [6.45, 7) is 5.72. The number of aromatic nitrogens is 1. The number of benzene rings is 2. The maximum Gasteiger partial charge on any atom is 0.281 e. The average Bonchev–Trinajstić information content (AvgIpc) is 2.97. The summed E-state index contributed by atoms with van der Waals surface area (Å²) in [5.41, 5.74) is 2.11. The van der Waals surface area contributed by atoms with Crippen molar-refractivity contribution < 1.29 is 18.0 Å². The van der Waals surface area contributed by atoms with Gasteiger partial charge in [-0.2, -0.15) is 8.42 Å². The molecule has 8 nitrogen and oxygen atoms in total. The van der Waals surface area contributed by atoms with Gasteiger partial charge < -0.3 is 4.90 Å². The number of sulfonamides is 1. The Kier molecular flexibility index (Phi) is 7.47. The Bertz CT molecular complexity index is 1450. The van der Waals surface area contributed by atoms with Crippen LogP contribution in [0.15, 0.2) is 82.9 Å². The van der Waals surface area contributed by atoms with Crippen molar-refractivity contribution in [1.29, 1.82) is 0 Å². The van der Waals surface area contributed by atoms with E-state index in [0.29, 0.717) is 22.0 Å². The highest BCUT2D eigenvalue weighted by molar-refractivity contribution is 7.90. The summed E-state index contributed by atoms with van der Waals surface area (Å²) in [7, 11) is -4.13. The van der Waals surface area contributed by atoms with Crippen LogP contribution >= 0.6 is 11.6 Å². The minimum atomic E-state index is -4.13. The van der Waals surface area contributed by atoms with Crippen molar-refractivity contribution >= 4 is 44.8 Å². The lowest BCUT2D eigenvalue weighted by Gasteiger charge is -2.31. The highest BCUT2D eigenvalue weighted by Crippen LogP contribution is 2.35. The normalized spacial score (nSPS) is 16.0. The van der Waals surface area contributed by atoms with E-state index in [9.17, 15) is 18.0 Å². The molecule has 1 atom stereocenters. The molecular weight excluding hydrogens is 512 g/mol. The van der Waals surface area contributed by atoms with Crippen LogP contribution in [-0.2, 0) is 19.6 Å². The summed E-state index contributed by atoms with van der Waals surface area (Å²) in [5, 5.41) is 0.214. The third-order valence-corrected chi connectivity index (χ3v) is 7.38. The van der Waals surface area contributed by atoms with Crippen molar-refractivity contribution in [2.45, 2.75) is 38.3 Å². The Morgan fingerprint density at radius 3 is 2.41 bits per heavy atom. The van der Waals surface area contributed by atoms with Gasteiger partial charge >= 0.3 is 0 Å². The van der Waals surface area contributed by atoms with Crippen LogP contribution in [0.4, 0.5) is 5.69 Å². The largest absolute Gasteiger partial charge is 0.309 e. The third kappa shape index (κ3) is 5.89. The molecule has 3 aromatic rings. The van der Waals surface area contributed by atoms with Gasteiger partial charge in [0.2, 0.25) is 5.91 Å². The molecule has 0 aliphatic carbocycles. The number of aliphatic imine (C=N–C) groups is 1. The molecule has 192 valence electrons. The fraction of sp³-hybridized carbons (Fsp3) is 0.259. The lowest BCUT2D eigenvalue weighted by Crippen LogP contribution is -2.45. The second-order valence-corrected chi connectivity index (χ2v) is 11.8. The second kappa shape index (κ2) is 10.4. The van der Waals surface area contributed by atoms with E-state index in [4.69, 9.17) is 16.6 Å². The summed E-state index contributed by atoms with van der Waals surface area (Å²) >= 11 is 6.36. The van der Waals surface area contributed by atoms with Crippen molar-refractivity contribution in [3.05, 3.63) is 89.1 Å². The quantitative estimate of drug-likeness (QED) is 0.505. The second-order valence-electron chi connectivity index (χ2n) is 9.71. The van der Waals surface area contributed by atoms with E-state index in [2.05, 4.69) is 4.98 Å². The van der Waals surface area contributed by atoms with Gasteiger partial charge in [-0.1, -0.05) is 68.8 Å². The Morgan fingerprint density at radius 2 is 1.76 bits per heavy atom. The van der Waals surface area contributed by atoms with Crippen LogP contribution in [-0.4, -0.2) is 43.5 Å². The first-order valence-electron chi connectivity index (χ1n) is 11.7. The molecule has 0 spiro atoms. The standard InChI is InChI=1S/C27H27ClN4O4S/c1-27(2,3)25-26(34)32(16-14-22(33)31-37(35,36)23-11-7-8-15-29-23)21-13-12-19(28)17-20(21)24(30-25)18-9-5-4-6-10-18/h4-13,15,17,25H,14,16H2,1-3H3,(H,31,33)/t25-/m1/s1. The van der Waals surface area contributed by atoms with Gasteiger partial charge in [0.05, 0.1) is 11.4 Å². The minimum absolute atomic E-state index is 0.0544. The van der Waals surface area contributed by atoms with Crippen LogP contribution in [0, 0.1) is 5.41 Å². The van der Waals surface area contributed by atoms with Gasteiger partial charge in [-0.25, -0.2) is 9.71 Å². The molecule has 1 aliphatic rings. The molecule has 10 heteroatoms. The molecule has 0 saturated heterocycles. The molecule has 0 saturated carbocycles. The number of anilines is 1. The van der Waals surface area contributed by atoms with Crippen molar-refractivity contribution in [1.82, 2.24) is 9.71 Å². The Morgan fingerprint density at radius 1 is 1.05 bits per heavy atom. The summed E-state index contributed by atoms with van der Waals surface area (Å²) in [4.78, 5) is 36.8. The number of hydrogen-bond acceptors (Lipinski definition) is 6.